The first-order valence-corrected chi connectivity index (χ1v) is 5.80. The van der Waals surface area contributed by atoms with Crippen molar-refractivity contribution in [1.29, 1.82) is 0 Å². The highest BCUT2D eigenvalue weighted by Crippen LogP contribution is 2.21. The van der Waals surface area contributed by atoms with E-state index in [-0.39, 0.29) is 12.0 Å². The summed E-state index contributed by atoms with van der Waals surface area (Å²) in [6.07, 6.45) is 0.0438. The van der Waals surface area contributed by atoms with E-state index >= 15 is 0 Å². The van der Waals surface area contributed by atoms with Gasteiger partial charge in [-0.1, -0.05) is 0 Å². The summed E-state index contributed by atoms with van der Waals surface area (Å²) in [7, 11) is 1.62. The number of carbonyl (C=O) groups excluding carboxylic acids is 1. The van der Waals surface area contributed by atoms with E-state index in [1.807, 2.05) is 13.0 Å². The van der Waals surface area contributed by atoms with E-state index in [1.54, 1.807) is 13.2 Å². The monoisotopic (exact) mass is 277 g/mol. The Bertz CT molecular complexity index is 314. The van der Waals surface area contributed by atoms with Crippen LogP contribution in [-0.4, -0.2) is 25.7 Å². The molecule has 0 aliphatic rings. The fourth-order valence-electron chi connectivity index (χ4n) is 0.843. The molecule has 1 aromatic heterocycles. The smallest absolute Gasteiger partial charge is 0.261 e. The number of ether oxygens (including phenoxy) is 1. The van der Waals surface area contributed by atoms with Gasteiger partial charge in [-0.15, -0.1) is 11.3 Å². The molecule has 0 saturated heterocycles. The molecular weight excluding hydrogens is 266 g/mol. The van der Waals surface area contributed by atoms with Gasteiger partial charge in [0, 0.05) is 13.7 Å². The second-order valence-corrected chi connectivity index (χ2v) is 5.32. The Morgan fingerprint density at radius 3 is 2.93 bits per heavy atom. The van der Waals surface area contributed by atoms with Gasteiger partial charge in [0.1, 0.15) is 0 Å². The van der Waals surface area contributed by atoms with Gasteiger partial charge in [0.15, 0.2) is 0 Å². The van der Waals surface area contributed by atoms with Gasteiger partial charge in [-0.25, -0.2) is 0 Å². The molecule has 78 valence electrons. The lowest BCUT2D eigenvalue weighted by atomic mass is 10.4. The van der Waals surface area contributed by atoms with E-state index in [2.05, 4.69) is 21.2 Å². The van der Waals surface area contributed by atoms with Crippen molar-refractivity contribution in [3.8, 4) is 0 Å². The van der Waals surface area contributed by atoms with Crippen molar-refractivity contribution in [3.05, 3.63) is 20.8 Å². The van der Waals surface area contributed by atoms with E-state index in [0.717, 1.165) is 3.79 Å². The molecule has 1 rings (SSSR count). The minimum absolute atomic E-state index is 0.0438. The number of amides is 1. The van der Waals surface area contributed by atoms with Gasteiger partial charge in [-0.3, -0.25) is 4.79 Å². The number of halogens is 1. The van der Waals surface area contributed by atoms with Crippen LogP contribution in [-0.2, 0) is 4.74 Å². The minimum atomic E-state index is -0.0513. The Morgan fingerprint density at radius 1 is 1.71 bits per heavy atom. The van der Waals surface area contributed by atoms with Crippen LogP contribution in [0.5, 0.6) is 0 Å². The quantitative estimate of drug-likeness (QED) is 0.917. The highest BCUT2D eigenvalue weighted by atomic mass is 79.9. The number of nitrogens with one attached hydrogen (secondary N) is 1. The summed E-state index contributed by atoms with van der Waals surface area (Å²) in [5.41, 5.74) is 0. The van der Waals surface area contributed by atoms with Gasteiger partial charge in [0.05, 0.1) is 14.8 Å². The fourth-order valence-corrected chi connectivity index (χ4v) is 2.15. The Balaban J connectivity index is 2.43. The van der Waals surface area contributed by atoms with Crippen molar-refractivity contribution < 1.29 is 9.53 Å². The topological polar surface area (TPSA) is 38.3 Å². The first-order chi connectivity index (χ1) is 6.63. The second-order valence-electron chi connectivity index (χ2n) is 2.86. The first-order valence-electron chi connectivity index (χ1n) is 4.20. The third kappa shape index (κ3) is 3.40. The summed E-state index contributed by atoms with van der Waals surface area (Å²) in [5, 5.41) is 2.79. The fraction of sp³-hybridized carbons (Fsp3) is 0.444. The third-order valence-corrected chi connectivity index (χ3v) is 3.37. The van der Waals surface area contributed by atoms with Crippen LogP contribution in [0.15, 0.2) is 15.9 Å². The van der Waals surface area contributed by atoms with Crippen LogP contribution in [0.1, 0.15) is 16.6 Å². The SMILES string of the molecule is COC(C)CNC(=O)c1ccc(Br)s1. The zero-order chi connectivity index (χ0) is 10.6. The summed E-state index contributed by atoms with van der Waals surface area (Å²) < 4.78 is 5.98. The minimum Gasteiger partial charge on any atom is -0.380 e. The Labute approximate surface area is 95.6 Å². The van der Waals surface area contributed by atoms with Gasteiger partial charge in [-0.2, -0.15) is 0 Å². The van der Waals surface area contributed by atoms with Crippen LogP contribution >= 0.6 is 27.3 Å². The molecular formula is C9H12BrNO2S. The molecule has 0 aliphatic carbocycles. The molecule has 1 aromatic rings. The van der Waals surface area contributed by atoms with E-state index in [1.165, 1.54) is 11.3 Å². The number of carbonyl (C=O) groups is 1. The molecule has 0 aromatic carbocycles. The number of methoxy groups -OCH3 is 1. The molecule has 0 aliphatic heterocycles. The van der Waals surface area contributed by atoms with Crippen molar-refractivity contribution >= 4 is 33.2 Å². The summed E-state index contributed by atoms with van der Waals surface area (Å²) >= 11 is 4.73. The molecule has 0 fully saturated rings. The molecule has 0 radical (unpaired) electrons. The molecule has 0 saturated carbocycles. The average molecular weight is 278 g/mol. The number of hydrogen-bond acceptors (Lipinski definition) is 3. The zero-order valence-electron chi connectivity index (χ0n) is 8.04. The lowest BCUT2D eigenvalue weighted by Gasteiger charge is -2.09. The zero-order valence-corrected chi connectivity index (χ0v) is 10.4. The molecule has 1 amide bonds. The average Bonchev–Trinajstić information content (AvgIpc) is 2.60. The van der Waals surface area contributed by atoms with Crippen LogP contribution in [0.3, 0.4) is 0 Å². The summed E-state index contributed by atoms with van der Waals surface area (Å²) in [4.78, 5) is 12.2. The Kier molecular flexibility index (Phi) is 4.57. The van der Waals surface area contributed by atoms with Gasteiger partial charge >= 0.3 is 0 Å². The van der Waals surface area contributed by atoms with Crippen molar-refractivity contribution in [3.63, 3.8) is 0 Å². The predicted molar refractivity (Wildman–Crippen MR) is 60.8 cm³/mol. The van der Waals surface area contributed by atoms with Crippen molar-refractivity contribution in [1.82, 2.24) is 5.32 Å². The molecule has 0 spiro atoms. The summed E-state index contributed by atoms with van der Waals surface area (Å²) in [5.74, 6) is -0.0513. The molecule has 5 heteroatoms. The molecule has 3 nitrogen and oxygen atoms in total. The largest absolute Gasteiger partial charge is 0.380 e. The van der Waals surface area contributed by atoms with Gasteiger partial charge in [0.25, 0.3) is 5.91 Å². The van der Waals surface area contributed by atoms with E-state index in [4.69, 9.17) is 4.74 Å². The van der Waals surface area contributed by atoms with Crippen LogP contribution in [0, 0.1) is 0 Å². The second kappa shape index (κ2) is 5.48. The molecule has 1 heterocycles. The normalized spacial score (nSPS) is 12.5. The maximum absolute atomic E-state index is 11.5. The number of hydrogen-bond donors (Lipinski definition) is 1. The third-order valence-electron chi connectivity index (χ3n) is 1.75. The van der Waals surface area contributed by atoms with Gasteiger partial charge in [-0.05, 0) is 35.0 Å². The van der Waals surface area contributed by atoms with E-state index < -0.39 is 0 Å². The lowest BCUT2D eigenvalue weighted by molar-refractivity contribution is 0.0874. The Morgan fingerprint density at radius 2 is 2.43 bits per heavy atom. The van der Waals surface area contributed by atoms with Gasteiger partial charge < -0.3 is 10.1 Å². The van der Waals surface area contributed by atoms with Crippen molar-refractivity contribution in [2.24, 2.45) is 0 Å². The van der Waals surface area contributed by atoms with Crippen LogP contribution in [0.2, 0.25) is 0 Å². The maximum Gasteiger partial charge on any atom is 0.261 e. The van der Waals surface area contributed by atoms with Crippen LogP contribution in [0.25, 0.3) is 0 Å². The molecule has 1 N–H and O–H groups in total. The Hall–Kier alpha value is -0.390. The number of thiophene rings is 1. The summed E-state index contributed by atoms with van der Waals surface area (Å²) in [6.45, 7) is 2.44. The van der Waals surface area contributed by atoms with Crippen LogP contribution < -0.4 is 5.32 Å². The standard InChI is InChI=1S/C9H12BrNO2S/c1-6(13-2)5-11-9(12)7-3-4-8(10)14-7/h3-4,6H,5H2,1-2H3,(H,11,12). The maximum atomic E-state index is 11.5. The highest BCUT2D eigenvalue weighted by Gasteiger charge is 2.09. The summed E-state index contributed by atoms with van der Waals surface area (Å²) in [6, 6.07) is 3.65. The molecule has 1 unspecified atom stereocenters. The predicted octanol–water partition coefficient (Wildman–Crippen LogP) is 2.28. The first kappa shape index (κ1) is 11.7. The van der Waals surface area contributed by atoms with E-state index in [9.17, 15) is 4.79 Å². The lowest BCUT2D eigenvalue weighted by Crippen LogP contribution is -2.30. The van der Waals surface area contributed by atoms with Crippen molar-refractivity contribution in [2.45, 2.75) is 13.0 Å². The number of rotatable bonds is 4. The highest BCUT2D eigenvalue weighted by molar-refractivity contribution is 9.11. The molecule has 0 bridgehead atoms. The molecule has 14 heavy (non-hydrogen) atoms. The van der Waals surface area contributed by atoms with E-state index in [0.29, 0.717) is 11.4 Å². The van der Waals surface area contributed by atoms with Gasteiger partial charge in [0.2, 0.25) is 0 Å². The van der Waals surface area contributed by atoms with Crippen molar-refractivity contribution in [2.75, 3.05) is 13.7 Å². The molecule has 1 atom stereocenters. The van der Waals surface area contributed by atoms with Crippen LogP contribution in [0.4, 0.5) is 0 Å².